The zero-order valence-corrected chi connectivity index (χ0v) is 8.99. The molecule has 0 aromatic rings. The molecule has 1 saturated heterocycles. The predicted molar refractivity (Wildman–Crippen MR) is 50.9 cm³/mol. The van der Waals surface area contributed by atoms with Gasteiger partial charge in [-0.2, -0.15) is 0 Å². The number of hydrogen-bond acceptors (Lipinski definition) is 5. The summed E-state index contributed by atoms with van der Waals surface area (Å²) in [7, 11) is 0. The van der Waals surface area contributed by atoms with Crippen LogP contribution in [0.3, 0.4) is 0 Å². The first-order valence-corrected chi connectivity index (χ1v) is 5.06. The SMILES string of the molecule is CCOC(=O)C1(CCO)CC(C)OC1=O. The minimum absolute atomic E-state index is 0.0645. The molecule has 0 spiro atoms. The van der Waals surface area contributed by atoms with Gasteiger partial charge in [-0.05, 0) is 20.3 Å². The van der Waals surface area contributed by atoms with E-state index in [-0.39, 0.29) is 32.2 Å². The van der Waals surface area contributed by atoms with Crippen LogP contribution in [-0.2, 0) is 19.1 Å². The minimum atomic E-state index is -1.29. The summed E-state index contributed by atoms with van der Waals surface area (Å²) in [5, 5.41) is 8.90. The molecule has 1 rings (SSSR count). The van der Waals surface area contributed by atoms with Crippen molar-refractivity contribution >= 4 is 11.9 Å². The van der Waals surface area contributed by atoms with E-state index in [9.17, 15) is 9.59 Å². The summed E-state index contributed by atoms with van der Waals surface area (Å²) >= 11 is 0. The molecule has 1 heterocycles. The largest absolute Gasteiger partial charge is 0.465 e. The lowest BCUT2D eigenvalue weighted by atomic mass is 9.82. The van der Waals surface area contributed by atoms with E-state index in [1.807, 2.05) is 0 Å². The molecule has 0 saturated carbocycles. The van der Waals surface area contributed by atoms with E-state index in [2.05, 4.69) is 0 Å². The minimum Gasteiger partial charge on any atom is -0.465 e. The first kappa shape index (κ1) is 12.0. The standard InChI is InChI=1S/C10H16O5/c1-3-14-8(12)10(4-5-11)6-7(2)15-9(10)13/h7,11H,3-6H2,1-2H3. The fourth-order valence-electron chi connectivity index (χ4n) is 1.84. The number of cyclic esters (lactones) is 1. The predicted octanol–water partition coefficient (Wildman–Crippen LogP) is 0.254. The van der Waals surface area contributed by atoms with Gasteiger partial charge in [-0.15, -0.1) is 0 Å². The second-order valence-corrected chi connectivity index (χ2v) is 3.70. The highest BCUT2D eigenvalue weighted by Crippen LogP contribution is 2.38. The third-order valence-electron chi connectivity index (χ3n) is 2.54. The quantitative estimate of drug-likeness (QED) is 0.539. The summed E-state index contributed by atoms with van der Waals surface area (Å²) in [6.45, 7) is 3.37. The van der Waals surface area contributed by atoms with Gasteiger partial charge in [0.2, 0.25) is 0 Å². The van der Waals surface area contributed by atoms with Gasteiger partial charge in [-0.1, -0.05) is 0 Å². The Bertz CT molecular complexity index is 263. The summed E-state index contributed by atoms with van der Waals surface area (Å²) in [4.78, 5) is 23.3. The second kappa shape index (κ2) is 4.61. The monoisotopic (exact) mass is 216 g/mol. The van der Waals surface area contributed by atoms with Gasteiger partial charge in [0.25, 0.3) is 0 Å². The van der Waals surface area contributed by atoms with Crippen molar-refractivity contribution in [2.24, 2.45) is 5.41 Å². The van der Waals surface area contributed by atoms with E-state index >= 15 is 0 Å². The van der Waals surface area contributed by atoms with Gasteiger partial charge in [0, 0.05) is 13.0 Å². The molecule has 1 aliphatic heterocycles. The maximum Gasteiger partial charge on any atom is 0.323 e. The van der Waals surface area contributed by atoms with E-state index in [4.69, 9.17) is 14.6 Å². The van der Waals surface area contributed by atoms with Crippen molar-refractivity contribution < 1.29 is 24.2 Å². The van der Waals surface area contributed by atoms with Crippen LogP contribution in [0.5, 0.6) is 0 Å². The van der Waals surface area contributed by atoms with Crippen molar-refractivity contribution in [1.82, 2.24) is 0 Å². The number of ether oxygens (including phenoxy) is 2. The highest BCUT2D eigenvalue weighted by molar-refractivity contribution is 6.01. The van der Waals surface area contributed by atoms with Crippen LogP contribution in [-0.4, -0.2) is 36.4 Å². The third-order valence-corrected chi connectivity index (χ3v) is 2.54. The van der Waals surface area contributed by atoms with Crippen molar-refractivity contribution in [3.8, 4) is 0 Å². The Labute approximate surface area is 88.4 Å². The van der Waals surface area contributed by atoms with Crippen molar-refractivity contribution in [2.75, 3.05) is 13.2 Å². The van der Waals surface area contributed by atoms with Gasteiger partial charge in [0.1, 0.15) is 6.10 Å². The maximum absolute atomic E-state index is 11.7. The molecule has 86 valence electrons. The molecule has 0 aromatic heterocycles. The molecule has 1 fully saturated rings. The highest BCUT2D eigenvalue weighted by atomic mass is 16.6. The number of rotatable bonds is 4. The fourth-order valence-corrected chi connectivity index (χ4v) is 1.84. The number of aliphatic hydroxyl groups is 1. The zero-order chi connectivity index (χ0) is 11.5. The van der Waals surface area contributed by atoms with Crippen LogP contribution in [0.15, 0.2) is 0 Å². The van der Waals surface area contributed by atoms with Crippen LogP contribution in [0.4, 0.5) is 0 Å². The average Bonchev–Trinajstić information content (AvgIpc) is 2.43. The van der Waals surface area contributed by atoms with E-state index < -0.39 is 17.4 Å². The highest BCUT2D eigenvalue weighted by Gasteiger charge is 2.54. The van der Waals surface area contributed by atoms with Crippen LogP contribution in [0, 0.1) is 5.41 Å². The first-order valence-electron chi connectivity index (χ1n) is 5.06. The summed E-state index contributed by atoms with van der Waals surface area (Å²) in [6.07, 6.45) is 0.0497. The Morgan fingerprint density at radius 3 is 2.80 bits per heavy atom. The van der Waals surface area contributed by atoms with E-state index in [0.717, 1.165) is 0 Å². The summed E-state index contributed by atoms with van der Waals surface area (Å²) in [5.41, 5.74) is -1.29. The molecule has 0 bridgehead atoms. The topological polar surface area (TPSA) is 72.8 Å². The normalized spacial score (nSPS) is 30.1. The lowest BCUT2D eigenvalue weighted by Crippen LogP contribution is -2.38. The van der Waals surface area contributed by atoms with Crippen LogP contribution >= 0.6 is 0 Å². The van der Waals surface area contributed by atoms with Crippen LogP contribution in [0.2, 0.25) is 0 Å². The molecule has 2 unspecified atom stereocenters. The Morgan fingerprint density at radius 2 is 2.40 bits per heavy atom. The Kier molecular flexibility index (Phi) is 3.68. The van der Waals surface area contributed by atoms with Crippen LogP contribution in [0.1, 0.15) is 26.7 Å². The van der Waals surface area contributed by atoms with Crippen molar-refractivity contribution in [3.05, 3.63) is 0 Å². The van der Waals surface area contributed by atoms with Gasteiger partial charge in [0.05, 0.1) is 6.61 Å². The second-order valence-electron chi connectivity index (χ2n) is 3.70. The van der Waals surface area contributed by atoms with E-state index in [0.29, 0.717) is 0 Å². The van der Waals surface area contributed by atoms with Crippen molar-refractivity contribution in [1.29, 1.82) is 0 Å². The molecule has 0 aliphatic carbocycles. The lowest BCUT2D eigenvalue weighted by Gasteiger charge is -2.20. The molecule has 0 aromatic carbocycles. The summed E-state index contributed by atoms with van der Waals surface area (Å²) < 4.78 is 9.80. The molecular weight excluding hydrogens is 200 g/mol. The molecular formula is C10H16O5. The van der Waals surface area contributed by atoms with Gasteiger partial charge in [0.15, 0.2) is 5.41 Å². The molecule has 0 amide bonds. The number of carbonyl (C=O) groups is 2. The molecule has 2 atom stereocenters. The van der Waals surface area contributed by atoms with Gasteiger partial charge in [-0.25, -0.2) is 0 Å². The van der Waals surface area contributed by atoms with E-state index in [1.165, 1.54) is 0 Å². The molecule has 1 aliphatic rings. The van der Waals surface area contributed by atoms with E-state index in [1.54, 1.807) is 13.8 Å². The Hall–Kier alpha value is -1.10. The molecule has 0 radical (unpaired) electrons. The zero-order valence-electron chi connectivity index (χ0n) is 8.99. The smallest absolute Gasteiger partial charge is 0.323 e. The van der Waals surface area contributed by atoms with Crippen LogP contribution < -0.4 is 0 Å². The Morgan fingerprint density at radius 1 is 1.73 bits per heavy atom. The first-order chi connectivity index (χ1) is 7.06. The number of hydrogen-bond donors (Lipinski definition) is 1. The van der Waals surface area contributed by atoms with Gasteiger partial charge in [-0.3, -0.25) is 9.59 Å². The Balaban J connectivity index is 2.88. The molecule has 15 heavy (non-hydrogen) atoms. The average molecular weight is 216 g/mol. The summed E-state index contributed by atoms with van der Waals surface area (Å²) in [5.74, 6) is -1.17. The maximum atomic E-state index is 11.7. The van der Waals surface area contributed by atoms with Gasteiger partial charge >= 0.3 is 11.9 Å². The number of carbonyl (C=O) groups excluding carboxylic acids is 2. The molecule has 1 N–H and O–H groups in total. The molecule has 5 nitrogen and oxygen atoms in total. The third kappa shape index (κ3) is 2.12. The van der Waals surface area contributed by atoms with Crippen molar-refractivity contribution in [3.63, 3.8) is 0 Å². The lowest BCUT2D eigenvalue weighted by molar-refractivity contribution is -0.165. The van der Waals surface area contributed by atoms with Gasteiger partial charge < -0.3 is 14.6 Å². The number of aliphatic hydroxyl groups excluding tert-OH is 1. The number of esters is 2. The fraction of sp³-hybridized carbons (Fsp3) is 0.800. The van der Waals surface area contributed by atoms with Crippen molar-refractivity contribution in [2.45, 2.75) is 32.8 Å². The molecule has 5 heteroatoms. The van der Waals surface area contributed by atoms with Crippen LogP contribution in [0.25, 0.3) is 0 Å². The summed E-state index contributed by atoms with van der Waals surface area (Å²) in [6, 6.07) is 0.